The number of para-hydroxylation sites is 1. The molecule has 2 atom stereocenters. The highest BCUT2D eigenvalue weighted by molar-refractivity contribution is 6.13. The van der Waals surface area contributed by atoms with Crippen LogP contribution in [0.2, 0.25) is 0 Å². The molecule has 1 amide bonds. The molecule has 5 N–H and O–H groups in total. The maximum atomic E-state index is 15.1. The highest BCUT2D eigenvalue weighted by Crippen LogP contribution is 2.60. The first-order valence-corrected chi connectivity index (χ1v) is 15.4. The molecule has 45 heavy (non-hydrogen) atoms. The lowest BCUT2D eigenvalue weighted by atomic mass is 9.60. The molecule has 1 aliphatic carbocycles. The van der Waals surface area contributed by atoms with Gasteiger partial charge < -0.3 is 30.8 Å². The number of esters is 2. The number of nitrogens with one attached hydrogen (secondary N) is 3. The van der Waals surface area contributed by atoms with Crippen LogP contribution >= 0.6 is 12.4 Å². The number of H-pyrrole nitrogens is 1. The summed E-state index contributed by atoms with van der Waals surface area (Å²) in [6, 6.07) is 14.1. The van der Waals surface area contributed by atoms with E-state index in [1.165, 1.54) is 0 Å². The van der Waals surface area contributed by atoms with Gasteiger partial charge in [-0.05, 0) is 70.8 Å². The Hall–Kier alpha value is -3.73. The second-order valence-corrected chi connectivity index (χ2v) is 12.3. The number of piperidine rings is 1. The molecule has 0 bridgehead atoms. The fraction of sp³-hybridized carbons (Fsp3) is 0.471. The van der Waals surface area contributed by atoms with Crippen LogP contribution in [0.3, 0.4) is 0 Å². The zero-order chi connectivity index (χ0) is 31.7. The summed E-state index contributed by atoms with van der Waals surface area (Å²) in [4.78, 5) is 60.0. The molecule has 2 aliphatic rings. The van der Waals surface area contributed by atoms with Crippen LogP contribution < -0.4 is 16.4 Å². The van der Waals surface area contributed by atoms with E-state index >= 15 is 4.79 Å². The number of carbonyl (C=O) groups excluding carboxylic acids is 4. The van der Waals surface area contributed by atoms with E-state index < -0.39 is 46.2 Å². The van der Waals surface area contributed by atoms with E-state index in [-0.39, 0.29) is 37.8 Å². The topological polar surface area (TPSA) is 153 Å². The van der Waals surface area contributed by atoms with Gasteiger partial charge in [-0.25, -0.2) is 0 Å². The Bertz CT molecular complexity index is 1550. The van der Waals surface area contributed by atoms with Gasteiger partial charge >= 0.3 is 11.9 Å². The van der Waals surface area contributed by atoms with Crippen molar-refractivity contribution in [1.29, 1.82) is 0 Å². The molecule has 2 heterocycles. The molecule has 5 rings (SSSR count). The molecule has 0 saturated carbocycles. The Kier molecular flexibility index (Phi) is 10.1. The lowest BCUT2D eigenvalue weighted by molar-refractivity contribution is -0.171. The summed E-state index contributed by atoms with van der Waals surface area (Å²) in [5.41, 5.74) is 4.91. The van der Waals surface area contributed by atoms with Gasteiger partial charge in [0.2, 0.25) is 11.3 Å². The number of benzene rings is 2. The van der Waals surface area contributed by atoms with Crippen molar-refractivity contribution in [1.82, 2.24) is 15.6 Å². The normalized spacial score (nSPS) is 18.8. The number of hydrogen-bond donors (Lipinski definition) is 4. The van der Waals surface area contributed by atoms with Gasteiger partial charge in [-0.2, -0.15) is 0 Å². The van der Waals surface area contributed by atoms with Gasteiger partial charge in [-0.3, -0.25) is 19.2 Å². The molecule has 1 fully saturated rings. The summed E-state index contributed by atoms with van der Waals surface area (Å²) >= 11 is 0. The van der Waals surface area contributed by atoms with E-state index in [4.69, 9.17) is 15.2 Å². The first-order chi connectivity index (χ1) is 21.0. The molecule has 1 aliphatic heterocycles. The van der Waals surface area contributed by atoms with Crippen molar-refractivity contribution in [2.75, 3.05) is 26.3 Å². The fourth-order valence-corrected chi connectivity index (χ4v) is 7.28. The highest BCUT2D eigenvalue weighted by atomic mass is 35.5. The Balaban J connectivity index is 0.00000461. The van der Waals surface area contributed by atoms with E-state index in [0.717, 1.165) is 16.5 Å². The monoisotopic (exact) mass is 638 g/mol. The average Bonchev–Trinajstić information content (AvgIpc) is 3.53. The van der Waals surface area contributed by atoms with Crippen LogP contribution in [0.1, 0.15) is 69.7 Å². The third-order valence-corrected chi connectivity index (χ3v) is 9.18. The average molecular weight is 639 g/mol. The predicted molar refractivity (Wildman–Crippen MR) is 173 cm³/mol. The van der Waals surface area contributed by atoms with Crippen LogP contribution in [-0.4, -0.2) is 60.5 Å². The number of ether oxygens (including phenoxy) is 2. The summed E-state index contributed by atoms with van der Waals surface area (Å²) in [5.74, 6) is -3.49. The Morgan fingerprint density at radius 1 is 0.956 bits per heavy atom. The van der Waals surface area contributed by atoms with Crippen molar-refractivity contribution in [3.05, 3.63) is 71.4 Å². The van der Waals surface area contributed by atoms with Gasteiger partial charge in [0.1, 0.15) is 5.78 Å². The zero-order valence-corrected chi connectivity index (χ0v) is 27.1. The Morgan fingerprint density at radius 3 is 2.13 bits per heavy atom. The van der Waals surface area contributed by atoms with Crippen LogP contribution in [0.25, 0.3) is 10.9 Å². The van der Waals surface area contributed by atoms with Gasteiger partial charge in [0.25, 0.3) is 0 Å². The summed E-state index contributed by atoms with van der Waals surface area (Å²) in [6.45, 7) is 7.79. The Labute approximate surface area is 269 Å². The number of Topliss-reactive ketones (excluding diaryl/α,β-unsaturated/α-hetero) is 1. The minimum atomic E-state index is -2.00. The number of ketones is 1. The SMILES string of the molecule is CCOC(=O)C1(C(=O)OCC)c2ccccc2C2(CCNCC2)[C@H]1C(=O)CC(NC(=O)C(C)(C)N)c1c[nH]c2ccccc12.Cl. The molecule has 2 aromatic carbocycles. The van der Waals surface area contributed by atoms with Gasteiger partial charge in [0, 0.05) is 34.5 Å². The van der Waals surface area contributed by atoms with Gasteiger partial charge in [0.05, 0.1) is 30.7 Å². The number of hydrogen-bond acceptors (Lipinski definition) is 8. The third kappa shape index (κ3) is 5.75. The minimum Gasteiger partial charge on any atom is -0.465 e. The number of nitrogens with two attached hydrogens (primary N) is 1. The summed E-state index contributed by atoms with van der Waals surface area (Å²) in [5, 5.41) is 7.22. The molecule has 242 valence electrons. The molecule has 1 spiro atoms. The molecule has 0 radical (unpaired) electrons. The summed E-state index contributed by atoms with van der Waals surface area (Å²) in [7, 11) is 0. The first-order valence-electron chi connectivity index (χ1n) is 15.4. The lowest BCUT2D eigenvalue weighted by Gasteiger charge is -2.43. The Morgan fingerprint density at radius 2 is 1.53 bits per heavy atom. The maximum Gasteiger partial charge on any atom is 0.328 e. The van der Waals surface area contributed by atoms with E-state index in [0.29, 0.717) is 37.1 Å². The molecule has 10 nitrogen and oxygen atoms in total. The second kappa shape index (κ2) is 13.3. The number of rotatable bonds is 10. The molecular weight excluding hydrogens is 596 g/mol. The maximum absolute atomic E-state index is 15.1. The van der Waals surface area contributed by atoms with Gasteiger partial charge in [-0.1, -0.05) is 42.5 Å². The molecule has 1 unspecified atom stereocenters. The van der Waals surface area contributed by atoms with Gasteiger partial charge in [0.15, 0.2) is 0 Å². The zero-order valence-electron chi connectivity index (χ0n) is 26.2. The van der Waals surface area contributed by atoms with E-state index in [1.54, 1.807) is 46.0 Å². The van der Waals surface area contributed by atoms with Crippen LogP contribution in [0, 0.1) is 5.92 Å². The van der Waals surface area contributed by atoms with Crippen molar-refractivity contribution < 1.29 is 28.7 Å². The quantitative estimate of drug-likeness (QED) is 0.193. The summed E-state index contributed by atoms with van der Waals surface area (Å²) < 4.78 is 11.2. The van der Waals surface area contributed by atoms with E-state index in [9.17, 15) is 14.4 Å². The first kappa shape index (κ1) is 34.1. The number of halogens is 1. The number of aromatic amines is 1. The molecule has 11 heteroatoms. The molecule has 3 aromatic rings. The van der Waals surface area contributed by atoms with Crippen LogP contribution in [0.4, 0.5) is 0 Å². The van der Waals surface area contributed by atoms with Crippen molar-refractivity contribution in [3.63, 3.8) is 0 Å². The summed E-state index contributed by atoms with van der Waals surface area (Å²) in [6.07, 6.45) is 2.65. The standard InChI is InChI=1S/C34H42N4O6.ClH/c1-5-43-30(41)34(31(42)44-6-2)24-13-9-8-12-23(24)33(15-17-36-18-16-33)28(34)27(39)19-26(38-29(40)32(3,4)35)22-20-37-25-14-10-7-11-21(22)25;/h7-14,20,26,28,36-37H,5-6,15-19,35H2,1-4H3,(H,38,40);1H/t26?,28-;/m1./s1. The van der Waals surface area contributed by atoms with Crippen LogP contribution in [0.5, 0.6) is 0 Å². The molecule has 1 saturated heterocycles. The van der Waals surface area contributed by atoms with Gasteiger partial charge in [-0.15, -0.1) is 12.4 Å². The number of fused-ring (bicyclic) bond motifs is 3. The minimum absolute atomic E-state index is 0. The molecule has 1 aromatic heterocycles. The fourth-order valence-electron chi connectivity index (χ4n) is 7.28. The second-order valence-electron chi connectivity index (χ2n) is 12.3. The van der Waals surface area contributed by atoms with Crippen molar-refractivity contribution in [2.45, 2.75) is 69.4 Å². The lowest BCUT2D eigenvalue weighted by Crippen LogP contribution is -2.58. The predicted octanol–water partition coefficient (Wildman–Crippen LogP) is 3.76. The third-order valence-electron chi connectivity index (χ3n) is 9.18. The smallest absolute Gasteiger partial charge is 0.328 e. The van der Waals surface area contributed by atoms with Crippen molar-refractivity contribution in [3.8, 4) is 0 Å². The number of amides is 1. The number of carbonyl (C=O) groups is 4. The van der Waals surface area contributed by atoms with Crippen molar-refractivity contribution >= 4 is 46.9 Å². The van der Waals surface area contributed by atoms with E-state index in [1.807, 2.05) is 36.4 Å². The number of aromatic nitrogens is 1. The molecular formula is C34H43ClN4O6. The van der Waals surface area contributed by atoms with E-state index in [2.05, 4.69) is 15.6 Å². The van der Waals surface area contributed by atoms with Crippen LogP contribution in [-0.2, 0) is 39.5 Å². The van der Waals surface area contributed by atoms with Crippen molar-refractivity contribution in [2.24, 2.45) is 11.7 Å². The highest BCUT2D eigenvalue weighted by Gasteiger charge is 2.71. The largest absolute Gasteiger partial charge is 0.465 e. The van der Waals surface area contributed by atoms with Crippen LogP contribution in [0.15, 0.2) is 54.7 Å².